The Balaban J connectivity index is 2.33. The molecule has 0 aromatic carbocycles. The smallest absolute Gasteiger partial charge is 0.306 e. The van der Waals surface area contributed by atoms with Gasteiger partial charge >= 0.3 is 5.97 Å². The van der Waals surface area contributed by atoms with Crippen molar-refractivity contribution in [3.05, 3.63) is 0 Å². The van der Waals surface area contributed by atoms with E-state index in [2.05, 4.69) is 17.0 Å². The molecule has 6 heteroatoms. The van der Waals surface area contributed by atoms with Crippen LogP contribution in [0, 0.1) is 5.41 Å². The molecule has 0 heterocycles. The van der Waals surface area contributed by atoms with Gasteiger partial charge in [-0.15, -0.1) is 0 Å². The molecule has 1 aliphatic rings. The predicted octanol–water partition coefficient (Wildman–Crippen LogP) is 1.38. The van der Waals surface area contributed by atoms with E-state index in [1.165, 1.54) is 7.11 Å². The van der Waals surface area contributed by atoms with Crippen LogP contribution in [-0.2, 0) is 25.1 Å². The third-order valence-electron chi connectivity index (χ3n) is 3.59. The predicted molar refractivity (Wildman–Crippen MR) is 78.7 cm³/mol. The standard InChI is InChI=1S/C14H25NO4S/c1-4-5-11(2)15-12(16)9-20(18)10-14(6-7-14)8-13(17)19-3/h11H,4-10H2,1-3H3,(H,15,16). The summed E-state index contributed by atoms with van der Waals surface area (Å²) in [5.74, 6) is 0.00736. The third kappa shape index (κ3) is 6.03. The summed E-state index contributed by atoms with van der Waals surface area (Å²) >= 11 is 0. The van der Waals surface area contributed by atoms with Crippen molar-refractivity contribution in [1.82, 2.24) is 5.32 Å². The van der Waals surface area contributed by atoms with Crippen molar-refractivity contribution in [1.29, 1.82) is 0 Å². The highest BCUT2D eigenvalue weighted by molar-refractivity contribution is 7.85. The molecule has 0 radical (unpaired) electrons. The largest absolute Gasteiger partial charge is 0.469 e. The molecule has 20 heavy (non-hydrogen) atoms. The number of carbonyl (C=O) groups is 2. The quantitative estimate of drug-likeness (QED) is 0.653. The van der Waals surface area contributed by atoms with Crippen LogP contribution in [0.25, 0.3) is 0 Å². The molecule has 2 atom stereocenters. The lowest BCUT2D eigenvalue weighted by Crippen LogP contribution is -2.36. The van der Waals surface area contributed by atoms with Gasteiger partial charge in [0.2, 0.25) is 5.91 Å². The molecular weight excluding hydrogens is 278 g/mol. The van der Waals surface area contributed by atoms with Gasteiger partial charge in [0.15, 0.2) is 0 Å². The highest BCUT2D eigenvalue weighted by atomic mass is 32.2. The summed E-state index contributed by atoms with van der Waals surface area (Å²) in [6.07, 6.45) is 4.02. The Hall–Kier alpha value is -0.910. The van der Waals surface area contributed by atoms with Crippen LogP contribution in [0.1, 0.15) is 46.0 Å². The normalized spacial score (nSPS) is 18.9. The lowest BCUT2D eigenvalue weighted by atomic mass is 10.1. The highest BCUT2D eigenvalue weighted by Gasteiger charge is 2.46. The number of hydrogen-bond donors (Lipinski definition) is 1. The minimum Gasteiger partial charge on any atom is -0.469 e. The van der Waals surface area contributed by atoms with Gasteiger partial charge in [0.05, 0.1) is 13.5 Å². The molecule has 0 aromatic rings. The molecular formula is C14H25NO4S. The summed E-state index contributed by atoms with van der Waals surface area (Å²) in [5, 5.41) is 2.85. The van der Waals surface area contributed by atoms with Crippen molar-refractivity contribution in [2.75, 3.05) is 18.6 Å². The van der Waals surface area contributed by atoms with Gasteiger partial charge in [-0.2, -0.15) is 0 Å². The van der Waals surface area contributed by atoms with Crippen molar-refractivity contribution >= 4 is 22.7 Å². The summed E-state index contributed by atoms with van der Waals surface area (Å²) in [6, 6.07) is 0.120. The molecule has 1 saturated carbocycles. The summed E-state index contributed by atoms with van der Waals surface area (Å²) in [4.78, 5) is 23.0. The zero-order valence-electron chi connectivity index (χ0n) is 12.6. The molecule has 0 aromatic heterocycles. The molecule has 1 rings (SSSR count). The first-order valence-corrected chi connectivity index (χ1v) is 8.61. The van der Waals surface area contributed by atoms with Crippen LogP contribution >= 0.6 is 0 Å². The Morgan fingerprint density at radius 2 is 2.05 bits per heavy atom. The van der Waals surface area contributed by atoms with Gasteiger partial charge in [0.1, 0.15) is 5.75 Å². The molecule has 0 saturated heterocycles. The molecule has 1 N–H and O–H groups in total. The Labute approximate surface area is 123 Å². The lowest BCUT2D eigenvalue weighted by molar-refractivity contribution is -0.141. The molecule has 1 fully saturated rings. The summed E-state index contributed by atoms with van der Waals surface area (Å²) in [7, 11) is 0.143. The van der Waals surface area contributed by atoms with Crippen LogP contribution in [-0.4, -0.2) is 40.7 Å². The van der Waals surface area contributed by atoms with E-state index in [1.54, 1.807) is 0 Å². The number of rotatable bonds is 9. The zero-order valence-corrected chi connectivity index (χ0v) is 13.4. The van der Waals surface area contributed by atoms with Gasteiger partial charge in [0.25, 0.3) is 0 Å². The number of esters is 1. The van der Waals surface area contributed by atoms with Crippen LogP contribution in [0.4, 0.5) is 0 Å². The van der Waals surface area contributed by atoms with Gasteiger partial charge in [-0.1, -0.05) is 13.3 Å². The van der Waals surface area contributed by atoms with Crippen LogP contribution in [0.15, 0.2) is 0 Å². The molecule has 116 valence electrons. The van der Waals surface area contributed by atoms with Gasteiger partial charge in [-0.05, 0) is 31.6 Å². The highest BCUT2D eigenvalue weighted by Crippen LogP contribution is 2.49. The Morgan fingerprint density at radius 1 is 1.40 bits per heavy atom. The fourth-order valence-corrected chi connectivity index (χ4v) is 3.84. The molecule has 0 spiro atoms. The fourth-order valence-electron chi connectivity index (χ4n) is 2.29. The van der Waals surface area contributed by atoms with Gasteiger partial charge < -0.3 is 10.1 Å². The maximum absolute atomic E-state index is 12.0. The second-order valence-corrected chi connectivity index (χ2v) is 7.20. The second kappa shape index (κ2) is 7.76. The average molecular weight is 303 g/mol. The average Bonchev–Trinajstić information content (AvgIpc) is 3.07. The Bertz CT molecular complexity index is 379. The maximum Gasteiger partial charge on any atom is 0.306 e. The minimum absolute atomic E-state index is 0.0248. The molecule has 5 nitrogen and oxygen atoms in total. The van der Waals surface area contributed by atoms with Crippen LogP contribution in [0.2, 0.25) is 0 Å². The van der Waals surface area contributed by atoms with Crippen LogP contribution < -0.4 is 5.32 Å². The van der Waals surface area contributed by atoms with Crippen molar-refractivity contribution in [3.63, 3.8) is 0 Å². The van der Waals surface area contributed by atoms with E-state index in [0.29, 0.717) is 12.2 Å². The summed E-state index contributed by atoms with van der Waals surface area (Å²) in [5.41, 5.74) is -0.187. The number of amides is 1. The first-order valence-electron chi connectivity index (χ1n) is 7.12. The molecule has 1 aliphatic carbocycles. The van der Waals surface area contributed by atoms with E-state index in [0.717, 1.165) is 25.7 Å². The first-order chi connectivity index (χ1) is 9.40. The molecule has 1 amide bonds. The van der Waals surface area contributed by atoms with E-state index in [1.807, 2.05) is 6.92 Å². The van der Waals surface area contributed by atoms with Crippen LogP contribution in [0.5, 0.6) is 0 Å². The van der Waals surface area contributed by atoms with E-state index in [-0.39, 0.29) is 29.1 Å². The lowest BCUT2D eigenvalue weighted by Gasteiger charge is -2.15. The maximum atomic E-state index is 12.0. The van der Waals surface area contributed by atoms with E-state index >= 15 is 0 Å². The van der Waals surface area contributed by atoms with Crippen LogP contribution in [0.3, 0.4) is 0 Å². The molecule has 0 bridgehead atoms. The van der Waals surface area contributed by atoms with Crippen molar-refractivity contribution in [3.8, 4) is 0 Å². The van der Waals surface area contributed by atoms with Crippen molar-refractivity contribution in [2.24, 2.45) is 5.41 Å². The number of methoxy groups -OCH3 is 1. The summed E-state index contributed by atoms with van der Waals surface area (Å²) in [6.45, 7) is 4.01. The number of nitrogens with one attached hydrogen (secondary N) is 1. The molecule has 2 unspecified atom stereocenters. The third-order valence-corrected chi connectivity index (χ3v) is 5.11. The van der Waals surface area contributed by atoms with E-state index in [4.69, 9.17) is 0 Å². The zero-order chi connectivity index (χ0) is 15.2. The SMILES string of the molecule is CCCC(C)NC(=O)CS(=O)CC1(CC(=O)OC)CC1. The van der Waals surface area contributed by atoms with Gasteiger partial charge in [-0.25, -0.2) is 0 Å². The fraction of sp³-hybridized carbons (Fsp3) is 0.857. The number of carbonyl (C=O) groups excluding carboxylic acids is 2. The Morgan fingerprint density at radius 3 is 2.55 bits per heavy atom. The Kier molecular flexibility index (Phi) is 6.65. The monoisotopic (exact) mass is 303 g/mol. The molecule has 0 aliphatic heterocycles. The second-order valence-electron chi connectivity index (χ2n) is 5.74. The number of ether oxygens (including phenoxy) is 1. The first kappa shape index (κ1) is 17.1. The minimum atomic E-state index is -1.22. The van der Waals surface area contributed by atoms with E-state index in [9.17, 15) is 13.8 Å². The topological polar surface area (TPSA) is 72.5 Å². The number of hydrogen-bond acceptors (Lipinski definition) is 4. The van der Waals surface area contributed by atoms with Crippen molar-refractivity contribution in [2.45, 2.75) is 52.0 Å². The van der Waals surface area contributed by atoms with Gasteiger partial charge in [0, 0.05) is 22.6 Å². The summed E-state index contributed by atoms with van der Waals surface area (Å²) < 4.78 is 16.7. The van der Waals surface area contributed by atoms with Crippen molar-refractivity contribution < 1.29 is 18.5 Å². The van der Waals surface area contributed by atoms with Gasteiger partial charge in [-0.3, -0.25) is 13.8 Å². The van der Waals surface area contributed by atoms with E-state index < -0.39 is 10.8 Å².